The Labute approximate surface area is 94.7 Å². The Kier molecular flexibility index (Phi) is 5.18. The number of carbonyl (C=O) groups is 1. The predicted octanol–water partition coefficient (Wildman–Crippen LogP) is 2.47. The molecule has 0 aliphatic rings. The van der Waals surface area contributed by atoms with Gasteiger partial charge in [-0.25, -0.2) is 4.98 Å². The Morgan fingerprint density at radius 1 is 1.60 bits per heavy atom. The zero-order valence-corrected chi connectivity index (χ0v) is 9.93. The van der Waals surface area contributed by atoms with Crippen molar-refractivity contribution in [1.82, 2.24) is 4.98 Å². The van der Waals surface area contributed by atoms with E-state index in [9.17, 15) is 4.79 Å². The first-order valence-electron chi connectivity index (χ1n) is 4.94. The fourth-order valence-electron chi connectivity index (χ4n) is 1.19. The molecule has 1 heterocycles. The van der Waals surface area contributed by atoms with Gasteiger partial charge in [0.25, 0.3) is 0 Å². The van der Waals surface area contributed by atoms with E-state index >= 15 is 0 Å². The van der Waals surface area contributed by atoms with Crippen molar-refractivity contribution >= 4 is 23.5 Å². The average Bonchev–Trinajstić information content (AvgIpc) is 2.18. The Hall–Kier alpha value is -1.03. The number of nitrogens with zero attached hydrogens (tertiary/aromatic N) is 1. The van der Waals surface area contributed by atoms with Crippen molar-refractivity contribution < 1.29 is 4.79 Å². The normalized spacial score (nSPS) is 10.0. The molecule has 15 heavy (non-hydrogen) atoms. The number of aromatic nitrogens is 1. The summed E-state index contributed by atoms with van der Waals surface area (Å²) in [4.78, 5) is 15.5. The van der Waals surface area contributed by atoms with Crippen molar-refractivity contribution in [3.8, 4) is 0 Å². The van der Waals surface area contributed by atoms with Crippen LogP contribution >= 0.6 is 11.8 Å². The Balaban J connectivity index is 2.37. The van der Waals surface area contributed by atoms with Crippen LogP contribution in [0, 0.1) is 6.92 Å². The molecule has 1 aromatic heterocycles. The third kappa shape index (κ3) is 4.83. The number of hydrogen-bond acceptors (Lipinski definition) is 3. The van der Waals surface area contributed by atoms with Gasteiger partial charge in [-0.2, -0.15) is 11.8 Å². The van der Waals surface area contributed by atoms with Gasteiger partial charge in [-0.05, 0) is 43.0 Å². The van der Waals surface area contributed by atoms with E-state index in [0.717, 1.165) is 17.7 Å². The van der Waals surface area contributed by atoms with Gasteiger partial charge in [-0.15, -0.1) is 0 Å². The second-order valence-electron chi connectivity index (χ2n) is 3.36. The minimum atomic E-state index is 0.0437. The zero-order valence-electron chi connectivity index (χ0n) is 9.12. The number of rotatable bonds is 5. The lowest BCUT2D eigenvalue weighted by Crippen LogP contribution is -2.12. The second kappa shape index (κ2) is 6.45. The summed E-state index contributed by atoms with van der Waals surface area (Å²) in [5.74, 6) is 1.71. The molecule has 4 heteroatoms. The molecule has 0 aliphatic carbocycles. The number of amides is 1. The average molecular weight is 224 g/mol. The summed E-state index contributed by atoms with van der Waals surface area (Å²) < 4.78 is 0. The van der Waals surface area contributed by atoms with Crippen LogP contribution < -0.4 is 5.32 Å². The van der Waals surface area contributed by atoms with E-state index < -0.39 is 0 Å². The van der Waals surface area contributed by atoms with Crippen LogP contribution in [0.4, 0.5) is 5.82 Å². The zero-order chi connectivity index (χ0) is 11.1. The number of hydrogen-bond donors (Lipinski definition) is 1. The number of pyridine rings is 1. The summed E-state index contributed by atoms with van der Waals surface area (Å²) in [5.41, 5.74) is 1.10. The number of carbonyl (C=O) groups excluding carboxylic acids is 1. The number of nitrogens with one attached hydrogen (secondary N) is 1. The highest BCUT2D eigenvalue weighted by Gasteiger charge is 2.02. The number of aryl methyl sites for hydroxylation is 1. The molecule has 0 radical (unpaired) electrons. The van der Waals surface area contributed by atoms with Crippen LogP contribution in [0.15, 0.2) is 18.3 Å². The van der Waals surface area contributed by atoms with Gasteiger partial charge >= 0.3 is 0 Å². The SMILES string of the molecule is CSCCCC(=O)Nc1cc(C)ccn1. The highest BCUT2D eigenvalue weighted by atomic mass is 32.2. The molecule has 0 saturated carbocycles. The van der Waals surface area contributed by atoms with Crippen molar-refractivity contribution in [2.45, 2.75) is 19.8 Å². The summed E-state index contributed by atoms with van der Waals surface area (Å²) in [6.45, 7) is 1.98. The van der Waals surface area contributed by atoms with E-state index in [-0.39, 0.29) is 5.91 Å². The third-order valence-corrected chi connectivity index (χ3v) is 2.63. The Bertz CT molecular complexity index is 328. The van der Waals surface area contributed by atoms with Gasteiger partial charge in [0.05, 0.1) is 0 Å². The van der Waals surface area contributed by atoms with E-state index in [0.29, 0.717) is 12.2 Å². The molecule has 82 valence electrons. The summed E-state index contributed by atoms with van der Waals surface area (Å²) >= 11 is 1.76. The van der Waals surface area contributed by atoms with E-state index in [1.165, 1.54) is 0 Å². The van der Waals surface area contributed by atoms with Crippen molar-refractivity contribution in [1.29, 1.82) is 0 Å². The van der Waals surface area contributed by atoms with Crippen LogP contribution in [0.3, 0.4) is 0 Å². The van der Waals surface area contributed by atoms with Crippen LogP contribution in [0.5, 0.6) is 0 Å². The molecule has 0 aromatic carbocycles. The van der Waals surface area contributed by atoms with Crippen LogP contribution in [-0.4, -0.2) is 22.9 Å². The van der Waals surface area contributed by atoms with Gasteiger partial charge in [-0.3, -0.25) is 4.79 Å². The topological polar surface area (TPSA) is 42.0 Å². The highest BCUT2D eigenvalue weighted by Crippen LogP contribution is 2.07. The highest BCUT2D eigenvalue weighted by molar-refractivity contribution is 7.98. The second-order valence-corrected chi connectivity index (χ2v) is 4.35. The molecule has 0 bridgehead atoms. The molecule has 0 aliphatic heterocycles. The van der Waals surface area contributed by atoms with Gasteiger partial charge in [-0.1, -0.05) is 0 Å². The molecule has 0 unspecified atom stereocenters. The molecular weight excluding hydrogens is 208 g/mol. The molecule has 3 nitrogen and oxygen atoms in total. The summed E-state index contributed by atoms with van der Waals surface area (Å²) in [6, 6.07) is 3.77. The maximum Gasteiger partial charge on any atom is 0.225 e. The van der Waals surface area contributed by atoms with E-state index in [4.69, 9.17) is 0 Å². The molecule has 1 aromatic rings. The van der Waals surface area contributed by atoms with Gasteiger partial charge in [0.2, 0.25) is 5.91 Å². The quantitative estimate of drug-likeness (QED) is 0.781. The molecular formula is C11H16N2OS. The van der Waals surface area contributed by atoms with Crippen LogP contribution in [0.2, 0.25) is 0 Å². The Morgan fingerprint density at radius 2 is 2.40 bits per heavy atom. The van der Waals surface area contributed by atoms with Gasteiger partial charge < -0.3 is 5.32 Å². The maximum atomic E-state index is 11.4. The molecule has 1 N–H and O–H groups in total. The molecule has 0 saturated heterocycles. The van der Waals surface area contributed by atoms with Crippen LogP contribution in [-0.2, 0) is 4.79 Å². The minimum Gasteiger partial charge on any atom is -0.311 e. The summed E-state index contributed by atoms with van der Waals surface area (Å²) in [6.07, 6.45) is 5.22. The minimum absolute atomic E-state index is 0.0437. The van der Waals surface area contributed by atoms with Crippen molar-refractivity contribution in [3.05, 3.63) is 23.9 Å². The summed E-state index contributed by atoms with van der Waals surface area (Å²) in [5, 5.41) is 2.78. The van der Waals surface area contributed by atoms with Gasteiger partial charge in [0.1, 0.15) is 5.82 Å². The number of anilines is 1. The smallest absolute Gasteiger partial charge is 0.225 e. The number of thioether (sulfide) groups is 1. The fraction of sp³-hybridized carbons (Fsp3) is 0.455. The van der Waals surface area contributed by atoms with Gasteiger partial charge in [0.15, 0.2) is 0 Å². The van der Waals surface area contributed by atoms with Crippen molar-refractivity contribution in [3.63, 3.8) is 0 Å². The molecule has 0 fully saturated rings. The molecule has 0 spiro atoms. The largest absolute Gasteiger partial charge is 0.311 e. The first kappa shape index (κ1) is 12.0. The van der Waals surface area contributed by atoms with E-state index in [1.807, 2.05) is 25.3 Å². The first-order chi connectivity index (χ1) is 7.22. The van der Waals surface area contributed by atoms with Crippen LogP contribution in [0.1, 0.15) is 18.4 Å². The lowest BCUT2D eigenvalue weighted by Gasteiger charge is -2.04. The Morgan fingerprint density at radius 3 is 3.07 bits per heavy atom. The molecule has 0 atom stereocenters. The van der Waals surface area contributed by atoms with E-state index in [2.05, 4.69) is 10.3 Å². The standard InChI is InChI=1S/C11H16N2OS/c1-9-5-6-12-10(8-9)13-11(14)4-3-7-15-2/h5-6,8H,3-4,7H2,1-2H3,(H,12,13,14). The first-order valence-corrected chi connectivity index (χ1v) is 6.33. The fourth-order valence-corrected chi connectivity index (χ4v) is 1.62. The lowest BCUT2D eigenvalue weighted by molar-refractivity contribution is -0.116. The van der Waals surface area contributed by atoms with Crippen molar-refractivity contribution in [2.75, 3.05) is 17.3 Å². The van der Waals surface area contributed by atoms with E-state index in [1.54, 1.807) is 18.0 Å². The third-order valence-electron chi connectivity index (χ3n) is 1.94. The lowest BCUT2D eigenvalue weighted by atomic mass is 10.3. The van der Waals surface area contributed by atoms with Crippen molar-refractivity contribution in [2.24, 2.45) is 0 Å². The molecule has 1 amide bonds. The molecule has 1 rings (SSSR count). The van der Waals surface area contributed by atoms with Crippen LogP contribution in [0.25, 0.3) is 0 Å². The summed E-state index contributed by atoms with van der Waals surface area (Å²) in [7, 11) is 0. The maximum absolute atomic E-state index is 11.4. The predicted molar refractivity (Wildman–Crippen MR) is 65.2 cm³/mol. The monoisotopic (exact) mass is 224 g/mol. The van der Waals surface area contributed by atoms with Gasteiger partial charge in [0, 0.05) is 12.6 Å².